The van der Waals surface area contributed by atoms with Crippen LogP contribution in [0, 0.1) is 17.2 Å². The minimum absolute atomic E-state index is 0.188. The number of nitriles is 1. The number of nitrogens with one attached hydrogen (secondary N) is 1. The summed E-state index contributed by atoms with van der Waals surface area (Å²) in [5, 5.41) is 21.4. The first-order chi connectivity index (χ1) is 8.74. The van der Waals surface area contributed by atoms with Crippen LogP contribution >= 0.6 is 0 Å². The van der Waals surface area contributed by atoms with Crippen molar-refractivity contribution in [2.24, 2.45) is 5.92 Å². The van der Waals surface area contributed by atoms with E-state index in [1.54, 1.807) is 6.07 Å². The van der Waals surface area contributed by atoms with Gasteiger partial charge in [-0.05, 0) is 18.9 Å². The van der Waals surface area contributed by atoms with Crippen molar-refractivity contribution in [2.45, 2.75) is 31.7 Å². The second kappa shape index (κ2) is 5.69. The van der Waals surface area contributed by atoms with E-state index in [-0.39, 0.29) is 18.6 Å². The number of aromatic nitrogens is 1. The Morgan fingerprint density at radius 1 is 1.50 bits per heavy atom. The molecule has 96 valence electrons. The van der Waals surface area contributed by atoms with Gasteiger partial charge in [-0.3, -0.25) is 0 Å². The zero-order chi connectivity index (χ0) is 13.0. The zero-order valence-corrected chi connectivity index (χ0v) is 10.3. The average molecular weight is 246 g/mol. The molecule has 5 nitrogen and oxygen atoms in total. The van der Waals surface area contributed by atoms with Gasteiger partial charge in [0.05, 0.1) is 11.3 Å². The third-order valence-electron chi connectivity index (χ3n) is 3.51. The molecule has 1 fully saturated rings. The topological polar surface area (TPSA) is 95.0 Å². The molecule has 1 aromatic heterocycles. The van der Waals surface area contributed by atoms with E-state index in [0.717, 1.165) is 19.3 Å². The number of nitrogens with two attached hydrogens (primary N) is 1. The van der Waals surface area contributed by atoms with Crippen molar-refractivity contribution >= 4 is 11.5 Å². The lowest BCUT2D eigenvalue weighted by atomic mass is 9.85. The molecule has 18 heavy (non-hydrogen) atoms. The van der Waals surface area contributed by atoms with Crippen molar-refractivity contribution in [3.63, 3.8) is 0 Å². The summed E-state index contributed by atoms with van der Waals surface area (Å²) in [6, 6.07) is 3.84. The van der Waals surface area contributed by atoms with Crippen molar-refractivity contribution in [3.05, 3.63) is 17.8 Å². The molecular weight excluding hydrogens is 228 g/mol. The van der Waals surface area contributed by atoms with Crippen LogP contribution in [0.15, 0.2) is 12.3 Å². The first-order valence-electron chi connectivity index (χ1n) is 6.27. The van der Waals surface area contributed by atoms with Crippen molar-refractivity contribution in [1.29, 1.82) is 5.26 Å². The molecule has 0 spiro atoms. The highest BCUT2D eigenvalue weighted by Gasteiger charge is 2.25. The number of rotatable bonds is 3. The Hall–Kier alpha value is -1.80. The lowest BCUT2D eigenvalue weighted by Gasteiger charge is -2.31. The predicted octanol–water partition coefficient (Wildman–Crippen LogP) is 1.50. The summed E-state index contributed by atoms with van der Waals surface area (Å²) in [6.07, 6.45) is 5.89. The molecule has 4 N–H and O–H groups in total. The van der Waals surface area contributed by atoms with Crippen LogP contribution in [0.25, 0.3) is 0 Å². The quantitative estimate of drug-likeness (QED) is 0.751. The van der Waals surface area contributed by atoms with Crippen LogP contribution in [0.3, 0.4) is 0 Å². The second-order valence-corrected chi connectivity index (χ2v) is 4.75. The Labute approximate surface area is 107 Å². The minimum Gasteiger partial charge on any atom is -0.396 e. The van der Waals surface area contributed by atoms with Crippen LogP contribution in [-0.4, -0.2) is 22.7 Å². The molecule has 0 bridgehead atoms. The maximum atomic E-state index is 9.36. The summed E-state index contributed by atoms with van der Waals surface area (Å²) in [5.74, 6) is 0.870. The SMILES string of the molecule is N#Cc1cnc(NC2CCCCC2CO)c(N)c1. The summed E-state index contributed by atoms with van der Waals surface area (Å²) in [6.45, 7) is 0.188. The van der Waals surface area contributed by atoms with E-state index in [1.165, 1.54) is 12.6 Å². The summed E-state index contributed by atoms with van der Waals surface area (Å²) in [7, 11) is 0. The highest BCUT2D eigenvalue weighted by atomic mass is 16.3. The molecule has 0 saturated heterocycles. The van der Waals surface area contributed by atoms with Gasteiger partial charge in [-0.15, -0.1) is 0 Å². The highest BCUT2D eigenvalue weighted by Crippen LogP contribution is 2.28. The number of aliphatic hydroxyl groups excluding tert-OH is 1. The summed E-state index contributed by atoms with van der Waals surface area (Å²) in [4.78, 5) is 4.17. The molecule has 1 heterocycles. The molecule has 5 heteroatoms. The predicted molar refractivity (Wildman–Crippen MR) is 69.8 cm³/mol. The molecule has 1 aromatic rings. The van der Waals surface area contributed by atoms with Gasteiger partial charge < -0.3 is 16.2 Å². The monoisotopic (exact) mass is 246 g/mol. The fourth-order valence-corrected chi connectivity index (χ4v) is 2.46. The third kappa shape index (κ3) is 2.71. The minimum atomic E-state index is 0.188. The number of hydrogen-bond donors (Lipinski definition) is 3. The Bertz CT molecular complexity index is 455. The smallest absolute Gasteiger partial charge is 0.149 e. The van der Waals surface area contributed by atoms with Crippen molar-refractivity contribution in [1.82, 2.24) is 4.98 Å². The second-order valence-electron chi connectivity index (χ2n) is 4.75. The molecule has 0 radical (unpaired) electrons. The molecule has 0 aromatic carbocycles. The van der Waals surface area contributed by atoms with Crippen LogP contribution < -0.4 is 11.1 Å². The summed E-state index contributed by atoms with van der Waals surface area (Å²) < 4.78 is 0. The first-order valence-corrected chi connectivity index (χ1v) is 6.27. The molecule has 0 aliphatic heterocycles. The molecule has 1 saturated carbocycles. The largest absolute Gasteiger partial charge is 0.396 e. The summed E-state index contributed by atoms with van der Waals surface area (Å²) >= 11 is 0. The van der Waals surface area contributed by atoms with Crippen molar-refractivity contribution in [3.8, 4) is 6.07 Å². The molecule has 2 unspecified atom stereocenters. The van der Waals surface area contributed by atoms with E-state index in [2.05, 4.69) is 10.3 Å². The number of anilines is 2. The molecule has 0 amide bonds. The van der Waals surface area contributed by atoms with E-state index in [1.807, 2.05) is 6.07 Å². The van der Waals surface area contributed by atoms with Gasteiger partial charge in [0, 0.05) is 24.8 Å². The van der Waals surface area contributed by atoms with Gasteiger partial charge in [0.15, 0.2) is 0 Å². The van der Waals surface area contributed by atoms with E-state index >= 15 is 0 Å². The Morgan fingerprint density at radius 3 is 2.94 bits per heavy atom. The lowest BCUT2D eigenvalue weighted by Crippen LogP contribution is -2.34. The maximum Gasteiger partial charge on any atom is 0.149 e. The molecule has 1 aliphatic carbocycles. The number of pyridine rings is 1. The van der Waals surface area contributed by atoms with Crippen molar-refractivity contribution in [2.75, 3.05) is 17.7 Å². The van der Waals surface area contributed by atoms with Crippen molar-refractivity contribution < 1.29 is 5.11 Å². The van der Waals surface area contributed by atoms with E-state index in [0.29, 0.717) is 17.1 Å². The Kier molecular flexibility index (Phi) is 4.00. The fourth-order valence-electron chi connectivity index (χ4n) is 2.46. The van der Waals surface area contributed by atoms with Gasteiger partial charge in [0.1, 0.15) is 11.9 Å². The summed E-state index contributed by atoms with van der Waals surface area (Å²) in [5.41, 5.74) is 6.80. The van der Waals surface area contributed by atoms with Crippen LogP contribution in [0.5, 0.6) is 0 Å². The molecule has 1 aliphatic rings. The molecular formula is C13H18N4O. The van der Waals surface area contributed by atoms with Gasteiger partial charge in [0.25, 0.3) is 0 Å². The van der Waals surface area contributed by atoms with Gasteiger partial charge in [0.2, 0.25) is 0 Å². The van der Waals surface area contributed by atoms with Gasteiger partial charge >= 0.3 is 0 Å². The fraction of sp³-hybridized carbons (Fsp3) is 0.538. The number of aliphatic hydroxyl groups is 1. The molecule has 2 rings (SSSR count). The first kappa shape index (κ1) is 12.7. The van der Waals surface area contributed by atoms with E-state index in [9.17, 15) is 5.11 Å². The highest BCUT2D eigenvalue weighted by molar-refractivity contribution is 5.63. The zero-order valence-electron chi connectivity index (χ0n) is 10.3. The normalized spacial score (nSPS) is 23.3. The standard InChI is InChI=1S/C13H18N4O/c14-6-9-5-11(15)13(16-7-9)17-12-4-2-1-3-10(12)8-18/h5,7,10,12,18H,1-4,8,15H2,(H,16,17). The van der Waals surface area contributed by atoms with Gasteiger partial charge in [-0.1, -0.05) is 12.8 Å². The van der Waals surface area contributed by atoms with Crippen LogP contribution in [0.2, 0.25) is 0 Å². The lowest BCUT2D eigenvalue weighted by molar-refractivity contribution is 0.178. The third-order valence-corrected chi connectivity index (χ3v) is 3.51. The van der Waals surface area contributed by atoms with Gasteiger partial charge in [-0.25, -0.2) is 4.98 Å². The average Bonchev–Trinajstić information content (AvgIpc) is 2.41. The van der Waals surface area contributed by atoms with Crippen LogP contribution in [0.1, 0.15) is 31.2 Å². The van der Waals surface area contributed by atoms with E-state index in [4.69, 9.17) is 11.0 Å². The van der Waals surface area contributed by atoms with Crippen LogP contribution in [-0.2, 0) is 0 Å². The number of hydrogen-bond acceptors (Lipinski definition) is 5. The Balaban J connectivity index is 2.10. The Morgan fingerprint density at radius 2 is 2.28 bits per heavy atom. The number of nitrogen functional groups attached to an aromatic ring is 1. The number of nitrogens with zero attached hydrogens (tertiary/aromatic N) is 2. The van der Waals surface area contributed by atoms with Crippen LogP contribution in [0.4, 0.5) is 11.5 Å². The van der Waals surface area contributed by atoms with E-state index < -0.39 is 0 Å². The maximum absolute atomic E-state index is 9.36. The molecule has 2 atom stereocenters. The van der Waals surface area contributed by atoms with Gasteiger partial charge in [-0.2, -0.15) is 5.26 Å².